The number of nitrogens with zero attached hydrogens (tertiary/aromatic N) is 3. The Morgan fingerprint density at radius 3 is 2.60 bits per heavy atom. The summed E-state index contributed by atoms with van der Waals surface area (Å²) in [6, 6.07) is 4.47. The van der Waals surface area contributed by atoms with Gasteiger partial charge in [0.25, 0.3) is 0 Å². The van der Waals surface area contributed by atoms with Crippen molar-refractivity contribution < 1.29 is 9.53 Å². The number of carbonyl (C=O) groups excluding carboxylic acids is 1. The molecule has 2 heterocycles. The number of aromatic nitrogens is 3. The lowest BCUT2D eigenvalue weighted by molar-refractivity contribution is 0.0492. The largest absolute Gasteiger partial charge is 0.444 e. The van der Waals surface area contributed by atoms with Crippen molar-refractivity contribution in [1.29, 1.82) is 0 Å². The van der Waals surface area contributed by atoms with Gasteiger partial charge >= 0.3 is 6.09 Å². The van der Waals surface area contributed by atoms with Gasteiger partial charge in [-0.15, -0.1) is 0 Å². The van der Waals surface area contributed by atoms with Crippen LogP contribution in [0.5, 0.6) is 0 Å². The molecule has 136 valence electrons. The molecule has 1 fully saturated rings. The lowest BCUT2D eigenvalue weighted by Gasteiger charge is -2.31. The van der Waals surface area contributed by atoms with Crippen LogP contribution in [0.15, 0.2) is 18.3 Å². The van der Waals surface area contributed by atoms with Gasteiger partial charge in [-0.25, -0.2) is 9.78 Å². The minimum absolute atomic E-state index is 0.178. The average molecular weight is 345 g/mol. The van der Waals surface area contributed by atoms with E-state index in [0.29, 0.717) is 6.04 Å². The van der Waals surface area contributed by atoms with Gasteiger partial charge in [-0.1, -0.05) is 0 Å². The van der Waals surface area contributed by atoms with Crippen molar-refractivity contribution in [2.24, 2.45) is 0 Å². The van der Waals surface area contributed by atoms with E-state index in [2.05, 4.69) is 20.7 Å². The van der Waals surface area contributed by atoms with E-state index < -0.39 is 5.60 Å². The van der Waals surface area contributed by atoms with E-state index in [1.807, 2.05) is 44.3 Å². The predicted molar refractivity (Wildman–Crippen MR) is 96.8 cm³/mol. The van der Waals surface area contributed by atoms with Crippen LogP contribution in [0.4, 0.5) is 10.6 Å². The number of anilines is 1. The first-order chi connectivity index (χ1) is 11.8. The molecule has 0 bridgehead atoms. The van der Waals surface area contributed by atoms with Crippen LogP contribution in [-0.2, 0) is 4.74 Å². The molecule has 2 N–H and O–H groups in total. The minimum Gasteiger partial charge on any atom is -0.444 e. The number of ether oxygens (including phenoxy) is 1. The number of amides is 1. The first-order valence-electron chi connectivity index (χ1n) is 8.87. The van der Waals surface area contributed by atoms with Crippen molar-refractivity contribution >= 4 is 17.6 Å². The van der Waals surface area contributed by atoms with Gasteiger partial charge in [-0.05, 0) is 53.4 Å². The van der Waals surface area contributed by atoms with Crippen LogP contribution in [0.3, 0.4) is 0 Å². The molecule has 2 aromatic heterocycles. The Morgan fingerprint density at radius 2 is 1.92 bits per heavy atom. The molecule has 0 saturated heterocycles. The van der Waals surface area contributed by atoms with Crippen LogP contribution in [-0.4, -0.2) is 38.4 Å². The van der Waals surface area contributed by atoms with Crippen molar-refractivity contribution in [2.45, 2.75) is 71.1 Å². The Balaban J connectivity index is 1.54. The fourth-order valence-electron chi connectivity index (χ4n) is 3.21. The summed E-state index contributed by atoms with van der Waals surface area (Å²) in [7, 11) is 0. The summed E-state index contributed by atoms with van der Waals surface area (Å²) < 4.78 is 7.16. The summed E-state index contributed by atoms with van der Waals surface area (Å²) in [6.07, 6.45) is 5.28. The van der Waals surface area contributed by atoms with E-state index in [4.69, 9.17) is 4.74 Å². The zero-order chi connectivity index (χ0) is 18.0. The molecule has 0 radical (unpaired) electrons. The molecule has 1 aliphatic carbocycles. The van der Waals surface area contributed by atoms with Gasteiger partial charge in [0.2, 0.25) is 0 Å². The van der Waals surface area contributed by atoms with Crippen molar-refractivity contribution in [3.05, 3.63) is 24.0 Å². The number of carbonyl (C=O) groups is 1. The molecule has 1 aliphatic rings. The van der Waals surface area contributed by atoms with Gasteiger partial charge in [0, 0.05) is 29.9 Å². The highest BCUT2D eigenvalue weighted by Crippen LogP contribution is 2.23. The first-order valence-corrected chi connectivity index (χ1v) is 8.87. The maximum atomic E-state index is 11.9. The quantitative estimate of drug-likeness (QED) is 0.892. The van der Waals surface area contributed by atoms with E-state index in [-0.39, 0.29) is 12.1 Å². The monoisotopic (exact) mass is 345 g/mol. The molecular weight excluding hydrogens is 318 g/mol. The van der Waals surface area contributed by atoms with Crippen molar-refractivity contribution in [2.75, 3.05) is 5.32 Å². The van der Waals surface area contributed by atoms with E-state index in [9.17, 15) is 4.79 Å². The van der Waals surface area contributed by atoms with Gasteiger partial charge in [0.05, 0.1) is 6.20 Å². The second kappa shape index (κ2) is 6.90. The number of fused-ring (bicyclic) bond motifs is 1. The Morgan fingerprint density at radius 1 is 1.24 bits per heavy atom. The number of nitrogens with one attached hydrogen (secondary N) is 2. The molecule has 0 spiro atoms. The minimum atomic E-state index is -0.461. The number of alkyl carbamates (subject to hydrolysis) is 1. The van der Waals surface area contributed by atoms with Crippen LogP contribution < -0.4 is 10.6 Å². The maximum Gasteiger partial charge on any atom is 0.407 e. The Hall–Kier alpha value is -2.31. The third kappa shape index (κ3) is 4.61. The number of rotatable bonds is 3. The van der Waals surface area contributed by atoms with Gasteiger partial charge in [0.15, 0.2) is 5.65 Å². The Bertz CT molecular complexity index is 741. The molecule has 0 aliphatic heterocycles. The molecule has 1 amide bonds. The third-order valence-corrected chi connectivity index (χ3v) is 4.29. The Kier molecular flexibility index (Phi) is 4.83. The third-order valence-electron chi connectivity index (χ3n) is 4.29. The molecule has 1 saturated carbocycles. The van der Waals surface area contributed by atoms with E-state index in [1.54, 1.807) is 6.20 Å². The van der Waals surface area contributed by atoms with Crippen LogP contribution in [0, 0.1) is 6.92 Å². The van der Waals surface area contributed by atoms with E-state index in [1.165, 1.54) is 0 Å². The highest BCUT2D eigenvalue weighted by atomic mass is 16.6. The van der Waals surface area contributed by atoms with Gasteiger partial charge in [-0.3, -0.25) is 0 Å². The standard InChI is InChI=1S/C18H27N5O2/c1-12-11-16(23-15(20-12)9-10-19-23)21-13-5-7-14(8-6-13)22-17(24)25-18(2,3)4/h9-11,13-14,21H,5-8H2,1-4H3,(H,22,24). The van der Waals surface area contributed by atoms with Crippen LogP contribution in [0.2, 0.25) is 0 Å². The number of hydrogen-bond donors (Lipinski definition) is 2. The van der Waals surface area contributed by atoms with Gasteiger partial charge in [0.1, 0.15) is 11.4 Å². The normalized spacial score (nSPS) is 21.1. The fourth-order valence-corrected chi connectivity index (χ4v) is 3.21. The molecule has 0 aromatic carbocycles. The summed E-state index contributed by atoms with van der Waals surface area (Å²) in [4.78, 5) is 16.3. The van der Waals surface area contributed by atoms with Crippen molar-refractivity contribution in [1.82, 2.24) is 19.9 Å². The summed E-state index contributed by atoms with van der Waals surface area (Å²) in [6.45, 7) is 7.61. The maximum absolute atomic E-state index is 11.9. The molecule has 7 heteroatoms. The average Bonchev–Trinajstić information content (AvgIpc) is 2.95. The lowest BCUT2D eigenvalue weighted by atomic mass is 9.91. The van der Waals surface area contributed by atoms with Gasteiger partial charge < -0.3 is 15.4 Å². The molecule has 0 atom stereocenters. The zero-order valence-electron chi connectivity index (χ0n) is 15.4. The smallest absolute Gasteiger partial charge is 0.407 e. The van der Waals surface area contributed by atoms with E-state index in [0.717, 1.165) is 42.8 Å². The van der Waals surface area contributed by atoms with E-state index >= 15 is 0 Å². The van der Waals surface area contributed by atoms with Crippen molar-refractivity contribution in [3.63, 3.8) is 0 Å². The topological polar surface area (TPSA) is 80.5 Å². The second-order valence-corrected chi connectivity index (χ2v) is 7.72. The molecule has 25 heavy (non-hydrogen) atoms. The molecule has 2 aromatic rings. The molecular formula is C18H27N5O2. The summed E-state index contributed by atoms with van der Waals surface area (Å²) in [5.41, 5.74) is 1.36. The zero-order valence-corrected chi connectivity index (χ0v) is 15.4. The van der Waals surface area contributed by atoms with Crippen molar-refractivity contribution in [3.8, 4) is 0 Å². The van der Waals surface area contributed by atoms with Crippen LogP contribution >= 0.6 is 0 Å². The highest BCUT2D eigenvalue weighted by molar-refractivity contribution is 5.68. The summed E-state index contributed by atoms with van der Waals surface area (Å²) in [5, 5.41) is 10.9. The SMILES string of the molecule is Cc1cc(NC2CCC(NC(=O)OC(C)(C)C)CC2)n2nccc2n1. The number of aryl methyl sites for hydroxylation is 1. The predicted octanol–water partition coefficient (Wildman–Crippen LogP) is 3.29. The lowest BCUT2D eigenvalue weighted by Crippen LogP contribution is -2.42. The summed E-state index contributed by atoms with van der Waals surface area (Å²) in [5.74, 6) is 0.969. The van der Waals surface area contributed by atoms with Crippen LogP contribution in [0.1, 0.15) is 52.1 Å². The number of hydrogen-bond acceptors (Lipinski definition) is 5. The summed E-state index contributed by atoms with van der Waals surface area (Å²) >= 11 is 0. The highest BCUT2D eigenvalue weighted by Gasteiger charge is 2.25. The van der Waals surface area contributed by atoms with Gasteiger partial charge in [-0.2, -0.15) is 9.61 Å². The first kappa shape index (κ1) is 17.5. The van der Waals surface area contributed by atoms with Crippen LogP contribution in [0.25, 0.3) is 5.65 Å². The second-order valence-electron chi connectivity index (χ2n) is 7.72. The Labute approximate surface area is 148 Å². The fraction of sp³-hybridized carbons (Fsp3) is 0.611. The molecule has 3 rings (SSSR count). The molecule has 0 unspecified atom stereocenters. The molecule has 7 nitrogen and oxygen atoms in total.